The molecule has 0 saturated carbocycles. The van der Waals surface area contributed by atoms with Gasteiger partial charge in [0.05, 0.1) is 0 Å². The summed E-state index contributed by atoms with van der Waals surface area (Å²) in [7, 11) is 5.75. The van der Waals surface area contributed by atoms with Crippen LogP contribution < -0.4 is 5.46 Å². The molecule has 0 atom stereocenters. The van der Waals surface area contributed by atoms with Gasteiger partial charge in [0.25, 0.3) is 0 Å². The van der Waals surface area contributed by atoms with Crippen molar-refractivity contribution in [2.75, 3.05) is 0 Å². The van der Waals surface area contributed by atoms with Gasteiger partial charge in [0, 0.05) is 0 Å². The van der Waals surface area contributed by atoms with E-state index in [-0.39, 0.29) is 0 Å². The van der Waals surface area contributed by atoms with Crippen molar-refractivity contribution >= 4 is 13.3 Å². The molecule has 15 heavy (non-hydrogen) atoms. The van der Waals surface area contributed by atoms with Crippen LogP contribution in [0.2, 0.25) is 0 Å². The molecule has 2 aromatic carbocycles. The van der Waals surface area contributed by atoms with Gasteiger partial charge in [-0.2, -0.15) is 0 Å². The minimum absolute atomic E-state index is 0.812. The first-order valence-corrected chi connectivity index (χ1v) is 5.24. The van der Waals surface area contributed by atoms with Crippen molar-refractivity contribution in [2.45, 2.75) is 13.3 Å². The van der Waals surface area contributed by atoms with Gasteiger partial charge in [0.15, 0.2) is 0 Å². The largest absolute Gasteiger partial charge is 0.113 e. The molecule has 0 aliphatic rings. The van der Waals surface area contributed by atoms with Crippen LogP contribution in [0.4, 0.5) is 0 Å². The maximum atomic E-state index is 5.75. The quantitative estimate of drug-likeness (QED) is 0.641. The topological polar surface area (TPSA) is 0 Å². The van der Waals surface area contributed by atoms with Crippen molar-refractivity contribution in [3.8, 4) is 11.1 Å². The second kappa shape index (κ2) is 4.35. The molecule has 0 spiro atoms. The molecule has 0 unspecified atom stereocenters. The van der Waals surface area contributed by atoms with Crippen LogP contribution in [0.5, 0.6) is 0 Å². The Hall–Kier alpha value is -1.50. The highest BCUT2D eigenvalue weighted by molar-refractivity contribution is 6.32. The van der Waals surface area contributed by atoms with E-state index in [1.165, 1.54) is 16.7 Å². The fraction of sp³-hybridized carbons (Fsp3) is 0.143. The van der Waals surface area contributed by atoms with Gasteiger partial charge in [0.1, 0.15) is 7.85 Å². The molecule has 2 radical (unpaired) electrons. The Morgan fingerprint density at radius 1 is 0.933 bits per heavy atom. The number of hydrogen-bond donors (Lipinski definition) is 0. The van der Waals surface area contributed by atoms with E-state index in [2.05, 4.69) is 37.3 Å². The van der Waals surface area contributed by atoms with Gasteiger partial charge in [-0.3, -0.25) is 0 Å². The SMILES string of the molecule is [B]c1cccc(-c2ccc(CC)cc2)c1. The average Bonchev–Trinajstić information content (AvgIpc) is 2.29. The summed E-state index contributed by atoms with van der Waals surface area (Å²) in [6, 6.07) is 16.6. The zero-order valence-corrected chi connectivity index (χ0v) is 8.90. The Labute approximate surface area is 92.4 Å². The van der Waals surface area contributed by atoms with Crippen molar-refractivity contribution in [1.82, 2.24) is 0 Å². The van der Waals surface area contributed by atoms with E-state index in [4.69, 9.17) is 7.85 Å². The molecule has 0 aliphatic carbocycles. The summed E-state index contributed by atoms with van der Waals surface area (Å²) >= 11 is 0. The molecule has 0 fully saturated rings. The summed E-state index contributed by atoms with van der Waals surface area (Å²) in [5.74, 6) is 0. The first-order chi connectivity index (χ1) is 7.29. The molecule has 0 nitrogen and oxygen atoms in total. The molecule has 0 aliphatic heterocycles. The summed E-state index contributed by atoms with van der Waals surface area (Å²) in [5.41, 5.74) is 4.58. The van der Waals surface area contributed by atoms with Crippen LogP contribution in [-0.2, 0) is 6.42 Å². The molecule has 2 rings (SSSR count). The Morgan fingerprint density at radius 3 is 2.27 bits per heavy atom. The third-order valence-corrected chi connectivity index (χ3v) is 2.58. The lowest BCUT2D eigenvalue weighted by Crippen LogP contribution is -2.00. The van der Waals surface area contributed by atoms with Crippen molar-refractivity contribution in [3.63, 3.8) is 0 Å². The maximum Gasteiger partial charge on any atom is 0.113 e. The first kappa shape index (κ1) is 10.0. The third-order valence-electron chi connectivity index (χ3n) is 2.58. The second-order valence-electron chi connectivity index (χ2n) is 3.68. The zero-order valence-electron chi connectivity index (χ0n) is 8.90. The molecule has 0 bridgehead atoms. The number of aryl methyl sites for hydroxylation is 1. The number of hydrogen-bond acceptors (Lipinski definition) is 0. The zero-order chi connectivity index (χ0) is 10.7. The second-order valence-corrected chi connectivity index (χ2v) is 3.68. The molecule has 0 amide bonds. The minimum atomic E-state index is 0.812. The molecular formula is C14H13B. The van der Waals surface area contributed by atoms with Crippen LogP contribution in [0.25, 0.3) is 11.1 Å². The molecule has 0 aromatic heterocycles. The highest BCUT2D eigenvalue weighted by Gasteiger charge is 1.97. The molecule has 0 saturated heterocycles. The van der Waals surface area contributed by atoms with Gasteiger partial charge >= 0.3 is 0 Å². The van der Waals surface area contributed by atoms with E-state index in [1.54, 1.807) is 0 Å². The normalized spacial score (nSPS) is 10.2. The van der Waals surface area contributed by atoms with Crippen molar-refractivity contribution < 1.29 is 0 Å². The number of rotatable bonds is 2. The smallest absolute Gasteiger partial charge is 0.0961 e. The van der Waals surface area contributed by atoms with Crippen molar-refractivity contribution in [1.29, 1.82) is 0 Å². The Balaban J connectivity index is 2.37. The summed E-state index contributed by atoms with van der Waals surface area (Å²) in [6.07, 6.45) is 1.08. The Kier molecular flexibility index (Phi) is 2.91. The summed E-state index contributed by atoms with van der Waals surface area (Å²) in [5, 5.41) is 0. The highest BCUT2D eigenvalue weighted by atomic mass is 14.0. The van der Waals surface area contributed by atoms with E-state index in [0.717, 1.165) is 11.9 Å². The Bertz CT molecular complexity index is 443. The van der Waals surface area contributed by atoms with E-state index < -0.39 is 0 Å². The monoisotopic (exact) mass is 192 g/mol. The van der Waals surface area contributed by atoms with Gasteiger partial charge in [-0.25, -0.2) is 0 Å². The van der Waals surface area contributed by atoms with Gasteiger partial charge in [0.2, 0.25) is 0 Å². The molecule has 0 heterocycles. The third kappa shape index (κ3) is 2.30. The molecule has 2 aromatic rings. The Morgan fingerprint density at radius 2 is 1.67 bits per heavy atom. The van der Waals surface area contributed by atoms with Gasteiger partial charge in [-0.1, -0.05) is 60.9 Å². The lowest BCUT2D eigenvalue weighted by molar-refractivity contribution is 1.14. The number of benzene rings is 2. The van der Waals surface area contributed by atoms with Crippen LogP contribution >= 0.6 is 0 Å². The fourth-order valence-electron chi connectivity index (χ4n) is 1.65. The lowest BCUT2D eigenvalue weighted by atomic mass is 9.92. The van der Waals surface area contributed by atoms with E-state index in [0.29, 0.717) is 0 Å². The molecular weight excluding hydrogens is 179 g/mol. The fourth-order valence-corrected chi connectivity index (χ4v) is 1.65. The van der Waals surface area contributed by atoms with Gasteiger partial charge in [-0.15, -0.1) is 0 Å². The minimum Gasteiger partial charge on any atom is -0.0961 e. The lowest BCUT2D eigenvalue weighted by Gasteiger charge is -2.04. The predicted molar refractivity (Wildman–Crippen MR) is 66.6 cm³/mol. The summed E-state index contributed by atoms with van der Waals surface area (Å²) in [4.78, 5) is 0. The van der Waals surface area contributed by atoms with Gasteiger partial charge < -0.3 is 0 Å². The maximum absolute atomic E-state index is 5.75. The van der Waals surface area contributed by atoms with Crippen LogP contribution in [0, 0.1) is 0 Å². The van der Waals surface area contributed by atoms with Crippen LogP contribution in [-0.4, -0.2) is 7.85 Å². The van der Waals surface area contributed by atoms with Crippen molar-refractivity contribution in [2.24, 2.45) is 0 Å². The van der Waals surface area contributed by atoms with E-state index >= 15 is 0 Å². The molecule has 1 heteroatoms. The van der Waals surface area contributed by atoms with Crippen LogP contribution in [0.15, 0.2) is 48.5 Å². The van der Waals surface area contributed by atoms with Crippen molar-refractivity contribution in [3.05, 3.63) is 54.1 Å². The average molecular weight is 192 g/mol. The predicted octanol–water partition coefficient (Wildman–Crippen LogP) is 2.71. The van der Waals surface area contributed by atoms with Gasteiger partial charge in [-0.05, 0) is 23.1 Å². The highest BCUT2D eigenvalue weighted by Crippen LogP contribution is 2.18. The molecule has 72 valence electrons. The standard InChI is InChI=1S/C14H13B/c1-2-11-6-8-12(9-7-11)13-4-3-5-14(15)10-13/h3-10H,2H2,1H3. The van der Waals surface area contributed by atoms with E-state index in [1.807, 2.05) is 18.2 Å². The molecule has 0 N–H and O–H groups in total. The van der Waals surface area contributed by atoms with Crippen LogP contribution in [0.1, 0.15) is 12.5 Å². The van der Waals surface area contributed by atoms with Crippen LogP contribution in [0.3, 0.4) is 0 Å². The summed E-state index contributed by atoms with van der Waals surface area (Å²) < 4.78 is 0. The summed E-state index contributed by atoms with van der Waals surface area (Å²) in [6.45, 7) is 2.16. The van der Waals surface area contributed by atoms with E-state index in [9.17, 15) is 0 Å². The first-order valence-electron chi connectivity index (χ1n) is 5.24.